The first-order valence-corrected chi connectivity index (χ1v) is 6.40. The molecule has 0 bridgehead atoms. The van der Waals surface area contributed by atoms with Gasteiger partial charge < -0.3 is 0 Å². The Morgan fingerprint density at radius 1 is 0.947 bits per heavy atom. The Balaban J connectivity index is 2.42. The van der Waals surface area contributed by atoms with E-state index in [1.165, 1.54) is 22.0 Å². The van der Waals surface area contributed by atoms with Crippen molar-refractivity contribution in [2.24, 2.45) is 7.05 Å². The van der Waals surface area contributed by atoms with E-state index < -0.39 is 0 Å². The largest absolute Gasteiger partial charge is 0.220 e. The van der Waals surface area contributed by atoms with Gasteiger partial charge in [-0.15, -0.1) is 0 Å². The smallest absolute Gasteiger partial charge is 0.200 e. The Kier molecular flexibility index (Phi) is 2.88. The topological polar surface area (TPSA) is 3.88 Å². The summed E-state index contributed by atoms with van der Waals surface area (Å²) in [5, 5.41) is 2.52. The number of pyridine rings is 1. The van der Waals surface area contributed by atoms with Crippen molar-refractivity contribution in [1.82, 2.24) is 0 Å². The predicted octanol–water partition coefficient (Wildman–Crippen LogP) is 3.97. The summed E-state index contributed by atoms with van der Waals surface area (Å²) < 4.78 is 2.17. The molecule has 1 heteroatoms. The van der Waals surface area contributed by atoms with Crippen LogP contribution in [0.3, 0.4) is 0 Å². The van der Waals surface area contributed by atoms with Crippen molar-refractivity contribution in [3.8, 4) is 11.3 Å². The summed E-state index contributed by atoms with van der Waals surface area (Å²) >= 11 is 0. The van der Waals surface area contributed by atoms with Crippen molar-refractivity contribution in [2.75, 3.05) is 0 Å². The van der Waals surface area contributed by atoms with E-state index in [2.05, 4.69) is 72.9 Å². The highest BCUT2D eigenvalue weighted by Gasteiger charge is 2.16. The number of nitrogens with zero attached hydrogens (tertiary/aromatic N) is 1. The molecule has 0 N–H and O–H groups in total. The fourth-order valence-electron chi connectivity index (χ4n) is 2.54. The van der Waals surface area contributed by atoms with Gasteiger partial charge in [-0.3, -0.25) is 0 Å². The average Bonchev–Trinajstić information content (AvgIpc) is 2.47. The zero-order valence-electron chi connectivity index (χ0n) is 11.0. The van der Waals surface area contributed by atoms with Crippen LogP contribution < -0.4 is 4.57 Å². The summed E-state index contributed by atoms with van der Waals surface area (Å²) in [6.07, 6.45) is 4.02. The van der Waals surface area contributed by atoms with E-state index in [1.807, 2.05) is 12.1 Å². The maximum Gasteiger partial charge on any atom is 0.220 e. The Morgan fingerprint density at radius 3 is 2.53 bits per heavy atom. The van der Waals surface area contributed by atoms with Crippen LogP contribution in [0.4, 0.5) is 0 Å². The van der Waals surface area contributed by atoms with Gasteiger partial charge in [0, 0.05) is 6.07 Å². The van der Waals surface area contributed by atoms with Crippen molar-refractivity contribution in [1.29, 1.82) is 0 Å². The molecule has 0 aliphatic rings. The number of aryl methyl sites for hydroxylation is 1. The first-order chi connectivity index (χ1) is 9.31. The van der Waals surface area contributed by atoms with Gasteiger partial charge >= 0.3 is 0 Å². The number of fused-ring (bicyclic) bond motifs is 1. The third-order valence-electron chi connectivity index (χ3n) is 3.48. The van der Waals surface area contributed by atoms with Crippen molar-refractivity contribution < 1.29 is 4.57 Å². The van der Waals surface area contributed by atoms with Gasteiger partial charge in [-0.05, 0) is 23.1 Å². The molecule has 1 heterocycles. The molecule has 3 aromatic rings. The summed E-state index contributed by atoms with van der Waals surface area (Å²) in [7, 11) is 2.08. The van der Waals surface area contributed by atoms with E-state index in [0.717, 1.165) is 5.56 Å². The molecule has 92 valence electrons. The normalized spacial score (nSPS) is 10.6. The molecule has 1 nitrogen and oxygen atoms in total. The molecule has 0 unspecified atom stereocenters. The Hall–Kier alpha value is -2.41. The molecule has 0 amide bonds. The summed E-state index contributed by atoms with van der Waals surface area (Å²) in [5.41, 5.74) is 3.61. The number of hydrogen-bond acceptors (Lipinski definition) is 0. The average molecular weight is 246 g/mol. The van der Waals surface area contributed by atoms with Crippen LogP contribution in [0.1, 0.15) is 5.56 Å². The van der Waals surface area contributed by atoms with Gasteiger partial charge in [0.2, 0.25) is 5.69 Å². The molecule has 0 saturated heterocycles. The molecule has 0 radical (unpaired) electrons. The SMILES string of the molecule is C=Cc1ccccc1-c1c2ccccc2cc[n+]1C. The lowest BCUT2D eigenvalue weighted by atomic mass is 9.99. The van der Waals surface area contributed by atoms with Crippen LogP contribution in [0.2, 0.25) is 0 Å². The zero-order chi connectivity index (χ0) is 13.2. The van der Waals surface area contributed by atoms with Gasteiger partial charge in [-0.1, -0.05) is 49.1 Å². The molecule has 3 rings (SSSR count). The molecular formula is C18H16N+. The minimum absolute atomic E-state index is 1.16. The van der Waals surface area contributed by atoms with E-state index in [0.29, 0.717) is 0 Å². The lowest BCUT2D eigenvalue weighted by Gasteiger charge is -2.07. The molecular weight excluding hydrogens is 230 g/mol. The number of hydrogen-bond donors (Lipinski definition) is 0. The molecule has 0 spiro atoms. The van der Waals surface area contributed by atoms with Gasteiger partial charge in [0.05, 0.1) is 10.9 Å². The number of rotatable bonds is 2. The van der Waals surface area contributed by atoms with Crippen LogP contribution in [-0.4, -0.2) is 0 Å². The van der Waals surface area contributed by atoms with Crippen molar-refractivity contribution in [3.05, 3.63) is 72.9 Å². The fraction of sp³-hybridized carbons (Fsp3) is 0.0556. The van der Waals surface area contributed by atoms with E-state index >= 15 is 0 Å². The van der Waals surface area contributed by atoms with Crippen molar-refractivity contribution in [2.45, 2.75) is 0 Å². The van der Waals surface area contributed by atoms with E-state index in [4.69, 9.17) is 0 Å². The van der Waals surface area contributed by atoms with Gasteiger partial charge in [0.25, 0.3) is 0 Å². The lowest BCUT2D eigenvalue weighted by molar-refractivity contribution is -0.659. The minimum Gasteiger partial charge on any atom is -0.200 e. The molecule has 2 aromatic carbocycles. The highest BCUT2D eigenvalue weighted by molar-refractivity contribution is 5.94. The van der Waals surface area contributed by atoms with Crippen LogP contribution in [-0.2, 0) is 7.05 Å². The van der Waals surface area contributed by atoms with Crippen LogP contribution in [0, 0.1) is 0 Å². The summed E-state index contributed by atoms with van der Waals surface area (Å²) in [6.45, 7) is 3.92. The minimum atomic E-state index is 1.16. The fourth-order valence-corrected chi connectivity index (χ4v) is 2.54. The second-order valence-corrected chi connectivity index (χ2v) is 4.65. The third kappa shape index (κ3) is 1.93. The Labute approximate surface area is 113 Å². The molecule has 0 saturated carbocycles. The van der Waals surface area contributed by atoms with Crippen LogP contribution in [0.25, 0.3) is 28.1 Å². The first-order valence-electron chi connectivity index (χ1n) is 6.40. The summed E-state index contributed by atoms with van der Waals surface area (Å²) in [4.78, 5) is 0. The van der Waals surface area contributed by atoms with Crippen molar-refractivity contribution >= 4 is 16.8 Å². The second kappa shape index (κ2) is 4.69. The lowest BCUT2D eigenvalue weighted by Crippen LogP contribution is -2.30. The summed E-state index contributed by atoms with van der Waals surface area (Å²) in [6, 6.07) is 19.0. The Bertz CT molecular complexity index is 756. The Morgan fingerprint density at radius 2 is 1.68 bits per heavy atom. The van der Waals surface area contributed by atoms with Gasteiger partial charge in [-0.25, -0.2) is 4.57 Å². The second-order valence-electron chi connectivity index (χ2n) is 4.65. The molecule has 19 heavy (non-hydrogen) atoms. The quantitative estimate of drug-likeness (QED) is 0.602. The number of benzene rings is 2. The highest BCUT2D eigenvalue weighted by Crippen LogP contribution is 2.28. The molecule has 0 aliphatic carbocycles. The molecule has 0 aliphatic heterocycles. The number of aromatic nitrogens is 1. The molecule has 1 aromatic heterocycles. The van der Waals surface area contributed by atoms with Gasteiger partial charge in [-0.2, -0.15) is 0 Å². The van der Waals surface area contributed by atoms with E-state index in [9.17, 15) is 0 Å². The molecule has 0 atom stereocenters. The van der Waals surface area contributed by atoms with Crippen LogP contribution >= 0.6 is 0 Å². The van der Waals surface area contributed by atoms with Crippen LogP contribution in [0.15, 0.2) is 67.4 Å². The maximum absolute atomic E-state index is 3.92. The molecule has 0 fully saturated rings. The van der Waals surface area contributed by atoms with Crippen LogP contribution in [0.5, 0.6) is 0 Å². The maximum atomic E-state index is 3.92. The standard InChI is InChI=1S/C18H16N/c1-3-14-8-4-6-10-16(14)18-17-11-7-5-9-15(17)12-13-19(18)2/h3-13H,1H2,2H3/q+1. The van der Waals surface area contributed by atoms with Gasteiger partial charge in [0.1, 0.15) is 7.05 Å². The van der Waals surface area contributed by atoms with Gasteiger partial charge in [0.15, 0.2) is 6.20 Å². The zero-order valence-corrected chi connectivity index (χ0v) is 11.0. The highest BCUT2D eigenvalue weighted by atomic mass is 14.9. The summed E-state index contributed by atoms with van der Waals surface area (Å²) in [5.74, 6) is 0. The monoisotopic (exact) mass is 246 g/mol. The predicted molar refractivity (Wildman–Crippen MR) is 80.7 cm³/mol. The first kappa shape index (κ1) is 11.7. The van der Waals surface area contributed by atoms with E-state index in [-0.39, 0.29) is 0 Å². The third-order valence-corrected chi connectivity index (χ3v) is 3.48. The van der Waals surface area contributed by atoms with Crippen molar-refractivity contribution in [3.63, 3.8) is 0 Å². The van der Waals surface area contributed by atoms with E-state index in [1.54, 1.807) is 0 Å².